The van der Waals surface area contributed by atoms with E-state index in [1.54, 1.807) is 6.20 Å². The molecule has 0 radical (unpaired) electrons. The second kappa shape index (κ2) is 5.47. The standard InChI is InChI=1S/C13H21N3O/c1-10-4-6-16(7-5-10)13-3-2-11(9-15-13)12(17)8-14/h2-3,9-10,12,17H,4-8,14H2,1H3. The van der Waals surface area contributed by atoms with Crippen molar-refractivity contribution in [3.63, 3.8) is 0 Å². The van der Waals surface area contributed by atoms with Crippen LogP contribution in [0.3, 0.4) is 0 Å². The van der Waals surface area contributed by atoms with Gasteiger partial charge in [0.1, 0.15) is 5.82 Å². The summed E-state index contributed by atoms with van der Waals surface area (Å²) in [5, 5.41) is 9.59. The largest absolute Gasteiger partial charge is 0.387 e. The average Bonchev–Trinajstić information content (AvgIpc) is 2.39. The lowest BCUT2D eigenvalue weighted by Gasteiger charge is -2.31. The molecule has 0 saturated carbocycles. The highest BCUT2D eigenvalue weighted by molar-refractivity contribution is 5.40. The zero-order valence-corrected chi connectivity index (χ0v) is 10.3. The summed E-state index contributed by atoms with van der Waals surface area (Å²) < 4.78 is 0. The van der Waals surface area contributed by atoms with Gasteiger partial charge in [-0.25, -0.2) is 4.98 Å². The maximum atomic E-state index is 9.59. The summed E-state index contributed by atoms with van der Waals surface area (Å²) in [5.74, 6) is 1.83. The number of aliphatic hydroxyl groups is 1. The van der Waals surface area contributed by atoms with Crippen molar-refractivity contribution in [2.24, 2.45) is 11.7 Å². The number of aliphatic hydroxyl groups excluding tert-OH is 1. The van der Waals surface area contributed by atoms with Crippen LogP contribution in [0.25, 0.3) is 0 Å². The van der Waals surface area contributed by atoms with Gasteiger partial charge in [-0.2, -0.15) is 0 Å². The molecule has 1 aromatic rings. The lowest BCUT2D eigenvalue weighted by Crippen LogP contribution is -2.33. The molecule has 0 amide bonds. The van der Waals surface area contributed by atoms with Crippen LogP contribution >= 0.6 is 0 Å². The topological polar surface area (TPSA) is 62.4 Å². The number of hydrogen-bond donors (Lipinski definition) is 2. The van der Waals surface area contributed by atoms with Crippen LogP contribution in [0, 0.1) is 5.92 Å². The molecule has 1 fully saturated rings. The average molecular weight is 235 g/mol. The molecule has 1 aliphatic rings. The second-order valence-corrected chi connectivity index (χ2v) is 4.87. The molecule has 0 aliphatic carbocycles. The third-order valence-corrected chi connectivity index (χ3v) is 3.49. The molecule has 4 nitrogen and oxygen atoms in total. The van der Waals surface area contributed by atoms with Crippen LogP contribution in [-0.4, -0.2) is 29.7 Å². The number of piperidine rings is 1. The predicted molar refractivity (Wildman–Crippen MR) is 68.9 cm³/mol. The fourth-order valence-electron chi connectivity index (χ4n) is 2.16. The van der Waals surface area contributed by atoms with Crippen LogP contribution in [0.15, 0.2) is 18.3 Å². The van der Waals surface area contributed by atoms with Gasteiger partial charge in [-0.05, 0) is 24.8 Å². The third kappa shape index (κ3) is 2.96. The molecule has 0 aromatic carbocycles. The third-order valence-electron chi connectivity index (χ3n) is 3.49. The van der Waals surface area contributed by atoms with E-state index in [9.17, 15) is 5.11 Å². The molecular formula is C13H21N3O. The summed E-state index contributed by atoms with van der Waals surface area (Å²) in [5.41, 5.74) is 6.21. The summed E-state index contributed by atoms with van der Waals surface area (Å²) in [7, 11) is 0. The molecule has 94 valence electrons. The fourth-order valence-corrected chi connectivity index (χ4v) is 2.16. The molecule has 0 spiro atoms. The predicted octanol–water partition coefficient (Wildman–Crippen LogP) is 1.31. The maximum Gasteiger partial charge on any atom is 0.128 e. The first-order valence-corrected chi connectivity index (χ1v) is 6.29. The van der Waals surface area contributed by atoms with E-state index < -0.39 is 6.10 Å². The van der Waals surface area contributed by atoms with Crippen LogP contribution in [0.4, 0.5) is 5.82 Å². The lowest BCUT2D eigenvalue weighted by atomic mass is 9.99. The molecule has 4 heteroatoms. The Hall–Kier alpha value is -1.13. The molecule has 17 heavy (non-hydrogen) atoms. The Bertz CT molecular complexity index is 344. The summed E-state index contributed by atoms with van der Waals surface area (Å²) >= 11 is 0. The second-order valence-electron chi connectivity index (χ2n) is 4.87. The van der Waals surface area contributed by atoms with E-state index in [-0.39, 0.29) is 6.54 Å². The van der Waals surface area contributed by atoms with Gasteiger partial charge >= 0.3 is 0 Å². The van der Waals surface area contributed by atoms with Crippen molar-refractivity contribution in [3.05, 3.63) is 23.9 Å². The molecular weight excluding hydrogens is 214 g/mol. The molecule has 0 bridgehead atoms. The van der Waals surface area contributed by atoms with E-state index in [0.29, 0.717) is 0 Å². The first-order valence-electron chi connectivity index (χ1n) is 6.29. The van der Waals surface area contributed by atoms with Gasteiger partial charge in [0.2, 0.25) is 0 Å². The van der Waals surface area contributed by atoms with Crippen LogP contribution in [0.1, 0.15) is 31.4 Å². The highest BCUT2D eigenvalue weighted by atomic mass is 16.3. The zero-order valence-electron chi connectivity index (χ0n) is 10.3. The molecule has 1 unspecified atom stereocenters. The van der Waals surface area contributed by atoms with Gasteiger partial charge in [-0.1, -0.05) is 13.0 Å². The normalized spacial score (nSPS) is 19.4. The Kier molecular flexibility index (Phi) is 3.97. The molecule has 1 atom stereocenters. The van der Waals surface area contributed by atoms with Crippen molar-refractivity contribution in [1.82, 2.24) is 4.98 Å². The van der Waals surface area contributed by atoms with Gasteiger partial charge in [0.05, 0.1) is 6.10 Å². The molecule has 3 N–H and O–H groups in total. The van der Waals surface area contributed by atoms with Crippen LogP contribution in [0.5, 0.6) is 0 Å². The quantitative estimate of drug-likeness (QED) is 0.829. The van der Waals surface area contributed by atoms with Crippen LogP contribution in [0.2, 0.25) is 0 Å². The van der Waals surface area contributed by atoms with Gasteiger partial charge in [-0.3, -0.25) is 0 Å². The SMILES string of the molecule is CC1CCN(c2ccc(C(O)CN)cn2)CC1. The monoisotopic (exact) mass is 235 g/mol. The first-order chi connectivity index (χ1) is 8.20. The van der Waals surface area contributed by atoms with E-state index in [1.165, 1.54) is 12.8 Å². The number of aromatic nitrogens is 1. The number of nitrogens with zero attached hydrogens (tertiary/aromatic N) is 2. The Morgan fingerprint density at radius 3 is 2.71 bits per heavy atom. The molecule has 1 aliphatic heterocycles. The van der Waals surface area contributed by atoms with E-state index in [4.69, 9.17) is 5.73 Å². The zero-order chi connectivity index (χ0) is 12.3. The summed E-state index contributed by atoms with van der Waals surface area (Å²) in [6.45, 7) is 4.69. The lowest BCUT2D eigenvalue weighted by molar-refractivity contribution is 0.186. The Balaban J connectivity index is 2.02. The summed E-state index contributed by atoms with van der Waals surface area (Å²) in [6, 6.07) is 3.89. The fraction of sp³-hybridized carbons (Fsp3) is 0.615. The molecule has 1 aromatic heterocycles. The van der Waals surface area contributed by atoms with Gasteiger partial charge in [-0.15, -0.1) is 0 Å². The highest BCUT2D eigenvalue weighted by Crippen LogP contribution is 2.22. The van der Waals surface area contributed by atoms with E-state index in [2.05, 4.69) is 16.8 Å². The summed E-state index contributed by atoms with van der Waals surface area (Å²) in [6.07, 6.45) is 3.59. The van der Waals surface area contributed by atoms with E-state index in [0.717, 1.165) is 30.4 Å². The molecule has 1 saturated heterocycles. The maximum absolute atomic E-state index is 9.59. The van der Waals surface area contributed by atoms with Crippen molar-refractivity contribution in [1.29, 1.82) is 0 Å². The van der Waals surface area contributed by atoms with Crippen LogP contribution in [-0.2, 0) is 0 Å². The molecule has 2 heterocycles. The number of anilines is 1. The highest BCUT2D eigenvalue weighted by Gasteiger charge is 2.17. The van der Waals surface area contributed by atoms with Crippen LogP contribution < -0.4 is 10.6 Å². The van der Waals surface area contributed by atoms with E-state index in [1.807, 2.05) is 12.1 Å². The van der Waals surface area contributed by atoms with Crippen molar-refractivity contribution in [2.45, 2.75) is 25.9 Å². The van der Waals surface area contributed by atoms with Gasteiger partial charge in [0.25, 0.3) is 0 Å². The van der Waals surface area contributed by atoms with Crippen molar-refractivity contribution in [3.8, 4) is 0 Å². The Labute approximate surface area is 102 Å². The Morgan fingerprint density at radius 2 is 2.18 bits per heavy atom. The minimum Gasteiger partial charge on any atom is -0.387 e. The van der Waals surface area contributed by atoms with Gasteiger partial charge in [0, 0.05) is 31.4 Å². The van der Waals surface area contributed by atoms with Crippen molar-refractivity contribution in [2.75, 3.05) is 24.5 Å². The molecule has 2 rings (SSSR count). The minimum absolute atomic E-state index is 0.238. The number of hydrogen-bond acceptors (Lipinski definition) is 4. The Morgan fingerprint density at radius 1 is 1.47 bits per heavy atom. The number of pyridine rings is 1. The van der Waals surface area contributed by atoms with Gasteiger partial charge < -0.3 is 15.7 Å². The first kappa shape index (κ1) is 12.3. The van der Waals surface area contributed by atoms with Crippen molar-refractivity contribution >= 4 is 5.82 Å². The van der Waals surface area contributed by atoms with Gasteiger partial charge in [0.15, 0.2) is 0 Å². The summed E-state index contributed by atoms with van der Waals surface area (Å²) in [4.78, 5) is 6.71. The minimum atomic E-state index is -0.599. The van der Waals surface area contributed by atoms with Crippen molar-refractivity contribution < 1.29 is 5.11 Å². The smallest absolute Gasteiger partial charge is 0.128 e. The number of nitrogens with two attached hydrogens (primary N) is 1. The van der Waals surface area contributed by atoms with E-state index >= 15 is 0 Å². The number of rotatable bonds is 3.